The number of nitrogens with zero attached hydrogens (tertiary/aromatic N) is 3. The Morgan fingerprint density at radius 1 is 0.950 bits per heavy atom. The van der Waals surface area contributed by atoms with Crippen LogP contribution in [0.4, 0.5) is 5.82 Å². The zero-order chi connectivity index (χ0) is 14.7. The topological polar surface area (TPSA) is 56.2 Å². The number of pyridine rings is 2. The molecule has 3 heterocycles. The van der Waals surface area contributed by atoms with Crippen LogP contribution in [0.25, 0.3) is 5.65 Å². The van der Waals surface area contributed by atoms with E-state index in [0.717, 1.165) is 23.5 Å². The van der Waals surface area contributed by atoms with Gasteiger partial charge in [0.1, 0.15) is 5.82 Å². The van der Waals surface area contributed by atoms with Crippen molar-refractivity contribution in [2.24, 2.45) is 0 Å². The van der Waals surface area contributed by atoms with Gasteiger partial charge in [0.15, 0.2) is 5.65 Å². The van der Waals surface area contributed by atoms with E-state index < -0.39 is 0 Å². The van der Waals surface area contributed by atoms with Gasteiger partial charge in [0.2, 0.25) is 0 Å². The van der Waals surface area contributed by atoms with Gasteiger partial charge in [0.05, 0.1) is 8.95 Å². The number of anilines is 1. The first-order valence-electron chi connectivity index (χ1n) is 5.31. The first kappa shape index (κ1) is 15.9. The molecule has 20 heavy (non-hydrogen) atoms. The number of nitrogen functional groups attached to an aromatic ring is 1. The Morgan fingerprint density at radius 2 is 1.65 bits per heavy atom. The van der Waals surface area contributed by atoms with Crippen LogP contribution in [0, 0.1) is 0 Å². The quantitative estimate of drug-likeness (QED) is 0.445. The summed E-state index contributed by atoms with van der Waals surface area (Å²) in [6.45, 7) is 0. The third kappa shape index (κ3) is 4.03. The first-order chi connectivity index (χ1) is 9.47. The fraction of sp³-hybridized carbons (Fsp3) is 0. The summed E-state index contributed by atoms with van der Waals surface area (Å²) >= 11 is 13.3. The molecule has 0 spiro atoms. The summed E-state index contributed by atoms with van der Waals surface area (Å²) in [5.41, 5.74) is 6.35. The lowest BCUT2D eigenvalue weighted by Gasteiger charge is -1.96. The van der Waals surface area contributed by atoms with Crippen molar-refractivity contribution in [1.29, 1.82) is 0 Å². The number of halogens is 4. The highest BCUT2D eigenvalue weighted by Gasteiger charge is 1.99. The minimum Gasteiger partial charge on any atom is -0.383 e. The molecule has 0 fully saturated rings. The van der Waals surface area contributed by atoms with E-state index in [2.05, 4.69) is 73.7 Å². The van der Waals surface area contributed by atoms with Crippen molar-refractivity contribution in [3.63, 3.8) is 0 Å². The van der Waals surface area contributed by atoms with Crippen LogP contribution in [0.2, 0.25) is 0 Å². The molecule has 3 aromatic heterocycles. The summed E-state index contributed by atoms with van der Waals surface area (Å²) in [7, 11) is 0. The minimum atomic E-state index is 0.512. The van der Waals surface area contributed by atoms with Crippen molar-refractivity contribution in [2.45, 2.75) is 0 Å². The van der Waals surface area contributed by atoms with Gasteiger partial charge in [0, 0.05) is 33.7 Å². The second-order valence-electron chi connectivity index (χ2n) is 3.68. The monoisotopic (exact) mass is 524 g/mol. The molecule has 0 aromatic carbocycles. The molecule has 2 N–H and O–H groups in total. The Bertz CT molecular complexity index is 741. The van der Waals surface area contributed by atoms with Crippen molar-refractivity contribution in [3.05, 3.63) is 54.8 Å². The maximum atomic E-state index is 5.41. The lowest BCUT2D eigenvalue weighted by atomic mass is 10.5. The largest absolute Gasteiger partial charge is 0.383 e. The lowest BCUT2D eigenvalue weighted by Crippen LogP contribution is -1.89. The first-order valence-corrected chi connectivity index (χ1v) is 8.49. The van der Waals surface area contributed by atoms with Crippen molar-refractivity contribution in [3.8, 4) is 0 Å². The fourth-order valence-corrected chi connectivity index (χ4v) is 3.68. The molecular formula is C12H8Br4N4. The lowest BCUT2D eigenvalue weighted by molar-refractivity contribution is 1.17. The molecule has 3 aromatic rings. The second-order valence-corrected chi connectivity index (χ2v) is 7.23. The smallest absolute Gasteiger partial charge is 0.151 e. The molecule has 0 saturated carbocycles. The number of hydrogen-bond acceptors (Lipinski definition) is 3. The Labute approximate surface area is 149 Å². The maximum absolute atomic E-state index is 5.41. The molecule has 0 aliphatic heterocycles. The van der Waals surface area contributed by atoms with E-state index in [-0.39, 0.29) is 0 Å². The molecule has 104 valence electrons. The maximum Gasteiger partial charge on any atom is 0.151 e. The van der Waals surface area contributed by atoms with E-state index in [0.29, 0.717) is 5.82 Å². The number of nitrogens with two attached hydrogens (primary N) is 1. The van der Waals surface area contributed by atoms with Gasteiger partial charge in [-0.25, -0.2) is 9.97 Å². The Kier molecular flexibility index (Phi) is 5.59. The van der Waals surface area contributed by atoms with Gasteiger partial charge in [-0.2, -0.15) is 0 Å². The predicted octanol–water partition coefficient (Wildman–Crippen LogP) is 5.05. The Hall–Kier alpha value is -0.440. The summed E-state index contributed by atoms with van der Waals surface area (Å²) < 4.78 is 5.72. The molecule has 8 heteroatoms. The van der Waals surface area contributed by atoms with Gasteiger partial charge >= 0.3 is 0 Å². The molecule has 3 rings (SSSR count). The number of fused-ring (bicyclic) bond motifs is 1. The summed E-state index contributed by atoms with van der Waals surface area (Å²) in [6, 6.07) is 3.82. The zero-order valence-corrected chi connectivity index (χ0v) is 16.2. The van der Waals surface area contributed by atoms with Gasteiger partial charge < -0.3 is 10.1 Å². The third-order valence-electron chi connectivity index (χ3n) is 2.25. The van der Waals surface area contributed by atoms with Gasteiger partial charge in [-0.15, -0.1) is 0 Å². The van der Waals surface area contributed by atoms with E-state index in [1.807, 2.05) is 28.9 Å². The standard InChI is InChI=1S/C7H4Br2N2.C5H4Br2N2/c8-5-3-6(9)7-10-1-2-11(7)4-5;6-3-1-4(7)5(8)9-2-3/h1-4H;1-2H,(H2,8,9). The number of rotatable bonds is 0. The molecule has 0 atom stereocenters. The van der Waals surface area contributed by atoms with Gasteiger partial charge in [-0.1, -0.05) is 0 Å². The number of hydrogen-bond donors (Lipinski definition) is 1. The zero-order valence-electron chi connectivity index (χ0n) is 9.89. The number of imidazole rings is 1. The van der Waals surface area contributed by atoms with Crippen LogP contribution >= 0.6 is 63.7 Å². The summed E-state index contributed by atoms with van der Waals surface area (Å²) in [6.07, 6.45) is 7.30. The molecule has 0 aliphatic carbocycles. The average Bonchev–Trinajstić information content (AvgIpc) is 2.83. The van der Waals surface area contributed by atoms with Gasteiger partial charge in [-0.05, 0) is 75.9 Å². The number of aromatic nitrogens is 3. The molecule has 0 unspecified atom stereocenters. The third-order valence-corrected chi connectivity index (χ3v) is 4.33. The highest BCUT2D eigenvalue weighted by Crippen LogP contribution is 2.21. The van der Waals surface area contributed by atoms with E-state index in [1.165, 1.54) is 0 Å². The molecule has 0 aliphatic rings. The van der Waals surface area contributed by atoms with Gasteiger partial charge in [0.25, 0.3) is 0 Å². The average molecular weight is 528 g/mol. The van der Waals surface area contributed by atoms with Crippen LogP contribution in [-0.4, -0.2) is 14.4 Å². The highest BCUT2D eigenvalue weighted by atomic mass is 79.9. The van der Waals surface area contributed by atoms with Crippen LogP contribution in [-0.2, 0) is 0 Å². The minimum absolute atomic E-state index is 0.512. The SMILES string of the molecule is Brc1cc(Br)c2nccn2c1.Nc1ncc(Br)cc1Br. The van der Waals surface area contributed by atoms with E-state index >= 15 is 0 Å². The molecule has 0 radical (unpaired) electrons. The molecular weight excluding hydrogens is 520 g/mol. The second kappa shape index (κ2) is 7.02. The van der Waals surface area contributed by atoms with Crippen LogP contribution in [0.5, 0.6) is 0 Å². The molecule has 0 bridgehead atoms. The molecule has 0 saturated heterocycles. The van der Waals surface area contributed by atoms with Gasteiger partial charge in [-0.3, -0.25) is 0 Å². The van der Waals surface area contributed by atoms with E-state index in [9.17, 15) is 0 Å². The van der Waals surface area contributed by atoms with Crippen molar-refractivity contribution in [1.82, 2.24) is 14.4 Å². The van der Waals surface area contributed by atoms with Crippen LogP contribution in [0.1, 0.15) is 0 Å². The van der Waals surface area contributed by atoms with Crippen LogP contribution in [0.3, 0.4) is 0 Å². The van der Waals surface area contributed by atoms with Crippen LogP contribution in [0.15, 0.2) is 54.8 Å². The summed E-state index contributed by atoms with van der Waals surface area (Å²) in [5.74, 6) is 0.512. The fourth-order valence-electron chi connectivity index (χ4n) is 1.38. The van der Waals surface area contributed by atoms with Crippen molar-refractivity contribution >= 4 is 75.2 Å². The Balaban J connectivity index is 0.000000151. The van der Waals surface area contributed by atoms with E-state index in [4.69, 9.17) is 5.73 Å². The van der Waals surface area contributed by atoms with E-state index in [1.54, 1.807) is 12.4 Å². The normalized spacial score (nSPS) is 10.2. The molecule has 4 nitrogen and oxygen atoms in total. The van der Waals surface area contributed by atoms with Crippen molar-refractivity contribution in [2.75, 3.05) is 5.73 Å². The molecule has 0 amide bonds. The summed E-state index contributed by atoms with van der Waals surface area (Å²) in [5, 5.41) is 0. The highest BCUT2D eigenvalue weighted by molar-refractivity contribution is 9.11. The summed E-state index contributed by atoms with van der Waals surface area (Å²) in [4.78, 5) is 8.02. The van der Waals surface area contributed by atoms with Crippen LogP contribution < -0.4 is 5.73 Å². The Morgan fingerprint density at radius 3 is 2.30 bits per heavy atom. The van der Waals surface area contributed by atoms with Crippen molar-refractivity contribution < 1.29 is 0 Å². The predicted molar refractivity (Wildman–Crippen MR) is 94.6 cm³/mol.